The Labute approximate surface area is 102 Å². The third-order valence-corrected chi connectivity index (χ3v) is 2.92. The summed E-state index contributed by atoms with van der Waals surface area (Å²) in [5.74, 6) is 0.880. The van der Waals surface area contributed by atoms with Gasteiger partial charge in [-0.05, 0) is 50.3 Å². The lowest BCUT2D eigenvalue weighted by molar-refractivity contribution is 0.415. The van der Waals surface area contributed by atoms with Gasteiger partial charge >= 0.3 is 0 Å². The van der Waals surface area contributed by atoms with Crippen molar-refractivity contribution in [2.75, 3.05) is 7.11 Å². The van der Waals surface area contributed by atoms with Crippen LogP contribution in [0, 0.1) is 0 Å². The van der Waals surface area contributed by atoms with E-state index in [0.717, 1.165) is 24.1 Å². The van der Waals surface area contributed by atoms with Crippen molar-refractivity contribution in [3.8, 4) is 5.75 Å². The average Bonchev–Trinajstić information content (AvgIpc) is 2.66. The number of fused-ring (bicyclic) bond motifs is 1. The van der Waals surface area contributed by atoms with Crippen molar-refractivity contribution in [2.24, 2.45) is 5.73 Å². The highest BCUT2D eigenvalue weighted by atomic mass is 16.5. The van der Waals surface area contributed by atoms with E-state index in [1.165, 1.54) is 11.1 Å². The zero-order valence-electron chi connectivity index (χ0n) is 10.7. The van der Waals surface area contributed by atoms with Crippen LogP contribution in [-0.2, 0) is 6.42 Å². The molecule has 0 radical (unpaired) electrons. The molecule has 0 aliphatic heterocycles. The highest BCUT2D eigenvalue weighted by molar-refractivity contribution is 5.81. The summed E-state index contributed by atoms with van der Waals surface area (Å²) in [5, 5.41) is 1.22. The zero-order valence-corrected chi connectivity index (χ0v) is 10.7. The molecule has 0 bridgehead atoms. The SMILES string of the molecule is COc1ccc2cc(CCC(C)(C)N)[nH]c2c1. The van der Waals surface area contributed by atoms with E-state index >= 15 is 0 Å². The van der Waals surface area contributed by atoms with E-state index in [4.69, 9.17) is 10.5 Å². The number of hydrogen-bond donors (Lipinski definition) is 2. The van der Waals surface area contributed by atoms with Crippen molar-refractivity contribution in [2.45, 2.75) is 32.2 Å². The third-order valence-electron chi connectivity index (χ3n) is 2.92. The first-order valence-corrected chi connectivity index (χ1v) is 5.92. The van der Waals surface area contributed by atoms with Crippen LogP contribution < -0.4 is 10.5 Å². The number of methoxy groups -OCH3 is 1. The van der Waals surface area contributed by atoms with Gasteiger partial charge in [0.1, 0.15) is 5.75 Å². The quantitative estimate of drug-likeness (QED) is 0.851. The van der Waals surface area contributed by atoms with E-state index in [1.807, 2.05) is 12.1 Å². The van der Waals surface area contributed by atoms with E-state index in [9.17, 15) is 0 Å². The predicted octanol–water partition coefficient (Wildman–Crippen LogP) is 2.85. The molecule has 2 aromatic rings. The fourth-order valence-electron chi connectivity index (χ4n) is 1.88. The van der Waals surface area contributed by atoms with Gasteiger partial charge in [-0.25, -0.2) is 0 Å². The summed E-state index contributed by atoms with van der Waals surface area (Å²) in [6.45, 7) is 4.11. The van der Waals surface area contributed by atoms with Gasteiger partial charge in [-0.3, -0.25) is 0 Å². The lowest BCUT2D eigenvalue weighted by Gasteiger charge is -2.17. The van der Waals surface area contributed by atoms with Gasteiger partial charge in [0.05, 0.1) is 7.11 Å². The second-order valence-electron chi connectivity index (χ2n) is 5.24. The standard InChI is InChI=1S/C14H20N2O/c1-14(2,15)7-6-11-8-10-4-5-12(17-3)9-13(10)16-11/h4-5,8-9,16H,6-7,15H2,1-3H3. The molecule has 0 spiro atoms. The molecule has 0 aliphatic carbocycles. The maximum absolute atomic E-state index is 5.99. The molecule has 1 aromatic carbocycles. The molecule has 3 N–H and O–H groups in total. The summed E-state index contributed by atoms with van der Waals surface area (Å²) in [6, 6.07) is 8.25. The Morgan fingerprint density at radius 2 is 2.06 bits per heavy atom. The van der Waals surface area contributed by atoms with Crippen molar-refractivity contribution in [3.05, 3.63) is 30.0 Å². The van der Waals surface area contributed by atoms with Crippen molar-refractivity contribution < 1.29 is 4.74 Å². The minimum Gasteiger partial charge on any atom is -0.497 e. The van der Waals surface area contributed by atoms with Gasteiger partial charge < -0.3 is 15.5 Å². The highest BCUT2D eigenvalue weighted by Gasteiger charge is 2.11. The fourth-order valence-corrected chi connectivity index (χ4v) is 1.88. The van der Waals surface area contributed by atoms with Gasteiger partial charge in [0.2, 0.25) is 0 Å². The molecule has 0 fully saturated rings. The van der Waals surface area contributed by atoms with Crippen LogP contribution in [0.25, 0.3) is 10.9 Å². The summed E-state index contributed by atoms with van der Waals surface area (Å²) in [4.78, 5) is 3.41. The molecule has 92 valence electrons. The third kappa shape index (κ3) is 3.01. The lowest BCUT2D eigenvalue weighted by Crippen LogP contribution is -2.32. The minimum atomic E-state index is -0.116. The number of benzene rings is 1. The van der Waals surface area contributed by atoms with E-state index in [1.54, 1.807) is 7.11 Å². The monoisotopic (exact) mass is 232 g/mol. The van der Waals surface area contributed by atoms with Crippen molar-refractivity contribution in [1.82, 2.24) is 4.98 Å². The molecule has 3 nitrogen and oxygen atoms in total. The van der Waals surface area contributed by atoms with Crippen LogP contribution >= 0.6 is 0 Å². The number of rotatable bonds is 4. The largest absolute Gasteiger partial charge is 0.497 e. The Bertz CT molecular complexity index is 508. The number of H-pyrrole nitrogens is 1. The summed E-state index contributed by atoms with van der Waals surface area (Å²) >= 11 is 0. The van der Waals surface area contributed by atoms with Crippen LogP contribution in [0.3, 0.4) is 0 Å². The number of hydrogen-bond acceptors (Lipinski definition) is 2. The first kappa shape index (κ1) is 12.0. The number of aromatic nitrogens is 1. The Morgan fingerprint density at radius 3 is 2.71 bits per heavy atom. The number of nitrogens with one attached hydrogen (secondary N) is 1. The van der Waals surface area contributed by atoms with Gasteiger partial charge in [-0.1, -0.05) is 0 Å². The number of aryl methyl sites for hydroxylation is 1. The summed E-state index contributed by atoms with van der Waals surface area (Å²) in [6.07, 6.45) is 1.94. The summed E-state index contributed by atoms with van der Waals surface area (Å²) in [5.41, 5.74) is 8.22. The molecule has 2 rings (SSSR count). The molecule has 1 heterocycles. The normalized spacial score (nSPS) is 12.0. The molecule has 1 aromatic heterocycles. The van der Waals surface area contributed by atoms with E-state index < -0.39 is 0 Å². The van der Waals surface area contributed by atoms with Gasteiger partial charge in [-0.15, -0.1) is 0 Å². The van der Waals surface area contributed by atoms with Crippen molar-refractivity contribution in [3.63, 3.8) is 0 Å². The predicted molar refractivity (Wildman–Crippen MR) is 71.4 cm³/mol. The number of ether oxygens (including phenoxy) is 1. The highest BCUT2D eigenvalue weighted by Crippen LogP contribution is 2.22. The van der Waals surface area contributed by atoms with Crippen LogP contribution in [-0.4, -0.2) is 17.6 Å². The van der Waals surface area contributed by atoms with E-state index in [0.29, 0.717) is 0 Å². The average molecular weight is 232 g/mol. The maximum Gasteiger partial charge on any atom is 0.120 e. The van der Waals surface area contributed by atoms with Crippen LogP contribution in [0.2, 0.25) is 0 Å². The first-order valence-electron chi connectivity index (χ1n) is 5.92. The number of nitrogens with two attached hydrogens (primary N) is 1. The molecule has 0 aliphatic rings. The smallest absolute Gasteiger partial charge is 0.120 e. The van der Waals surface area contributed by atoms with E-state index in [-0.39, 0.29) is 5.54 Å². The Hall–Kier alpha value is -1.48. The maximum atomic E-state index is 5.99. The van der Waals surface area contributed by atoms with Gasteiger partial charge in [0.25, 0.3) is 0 Å². The molecular formula is C14H20N2O. The second-order valence-corrected chi connectivity index (χ2v) is 5.24. The van der Waals surface area contributed by atoms with Gasteiger partial charge in [0, 0.05) is 22.8 Å². The topological polar surface area (TPSA) is 51.0 Å². The molecule has 3 heteroatoms. The molecule has 0 amide bonds. The van der Waals surface area contributed by atoms with Crippen molar-refractivity contribution >= 4 is 10.9 Å². The fraction of sp³-hybridized carbons (Fsp3) is 0.429. The Morgan fingerprint density at radius 1 is 1.29 bits per heavy atom. The molecule has 0 atom stereocenters. The minimum absolute atomic E-state index is 0.116. The van der Waals surface area contributed by atoms with Crippen LogP contribution in [0.5, 0.6) is 5.75 Å². The molecule has 0 unspecified atom stereocenters. The van der Waals surface area contributed by atoms with Crippen molar-refractivity contribution in [1.29, 1.82) is 0 Å². The molecular weight excluding hydrogens is 212 g/mol. The second kappa shape index (κ2) is 4.41. The first-order chi connectivity index (χ1) is 7.98. The lowest BCUT2D eigenvalue weighted by atomic mass is 9.99. The summed E-state index contributed by atoms with van der Waals surface area (Å²) < 4.78 is 5.21. The van der Waals surface area contributed by atoms with E-state index in [2.05, 4.69) is 31.0 Å². The molecule has 17 heavy (non-hydrogen) atoms. The summed E-state index contributed by atoms with van der Waals surface area (Å²) in [7, 11) is 1.68. The van der Waals surface area contributed by atoms with Crippen LogP contribution in [0.15, 0.2) is 24.3 Å². The van der Waals surface area contributed by atoms with Gasteiger partial charge in [-0.2, -0.15) is 0 Å². The molecule has 0 saturated heterocycles. The van der Waals surface area contributed by atoms with Crippen LogP contribution in [0.4, 0.5) is 0 Å². The Kier molecular flexibility index (Phi) is 3.11. The van der Waals surface area contributed by atoms with Crippen LogP contribution in [0.1, 0.15) is 26.0 Å². The van der Waals surface area contributed by atoms with Gasteiger partial charge in [0.15, 0.2) is 0 Å². The zero-order chi connectivity index (χ0) is 12.5. The molecule has 0 saturated carbocycles. The Balaban J connectivity index is 2.20. The number of aromatic amines is 1.